The number of carbonyl (C=O) groups is 1. The summed E-state index contributed by atoms with van der Waals surface area (Å²) in [5.74, 6) is 0.456. The number of hydrogen-bond acceptors (Lipinski definition) is 5. The Morgan fingerprint density at radius 3 is 2.52 bits per heavy atom. The van der Waals surface area contributed by atoms with Crippen molar-refractivity contribution in [2.45, 2.75) is 83.4 Å². The summed E-state index contributed by atoms with van der Waals surface area (Å²) in [5.41, 5.74) is 1.06. The van der Waals surface area contributed by atoms with Gasteiger partial charge >= 0.3 is 6.09 Å². The highest BCUT2D eigenvalue weighted by molar-refractivity contribution is 7.89. The Bertz CT molecular complexity index is 1080. The molecule has 180 valence electrons. The van der Waals surface area contributed by atoms with E-state index in [1.165, 1.54) is 0 Å². The Balaban J connectivity index is 2.04. The van der Waals surface area contributed by atoms with Crippen molar-refractivity contribution < 1.29 is 17.9 Å². The summed E-state index contributed by atoms with van der Waals surface area (Å²) >= 11 is 0. The first-order valence-corrected chi connectivity index (χ1v) is 13.0. The molecule has 1 aromatic heterocycles. The maximum absolute atomic E-state index is 13.5. The molecule has 3 rings (SSSR count). The van der Waals surface area contributed by atoms with Crippen LogP contribution in [0.4, 0.5) is 10.6 Å². The minimum absolute atomic E-state index is 0.169. The van der Waals surface area contributed by atoms with E-state index in [9.17, 15) is 13.2 Å². The maximum atomic E-state index is 13.5. The summed E-state index contributed by atoms with van der Waals surface area (Å²) in [6.07, 6.45) is 3.24. The molecule has 0 saturated carbocycles. The fourth-order valence-corrected chi connectivity index (χ4v) is 5.70. The number of carbonyl (C=O) groups excluding carboxylic acids is 1. The Morgan fingerprint density at radius 1 is 1.24 bits per heavy atom. The number of hydrogen-bond donors (Lipinski definition) is 0. The average Bonchev–Trinajstić information content (AvgIpc) is 3.24. The van der Waals surface area contributed by atoms with Gasteiger partial charge < -0.3 is 4.74 Å². The van der Waals surface area contributed by atoms with Gasteiger partial charge in [0, 0.05) is 24.3 Å². The minimum atomic E-state index is -3.70. The van der Waals surface area contributed by atoms with Crippen LogP contribution in [0.1, 0.15) is 71.0 Å². The first-order chi connectivity index (χ1) is 15.5. The van der Waals surface area contributed by atoms with Crippen molar-refractivity contribution >= 4 is 21.9 Å². The molecule has 1 aromatic carbocycles. The maximum Gasteiger partial charge on any atom is 0.416 e. The lowest BCUT2D eigenvalue weighted by Crippen LogP contribution is -2.43. The lowest BCUT2D eigenvalue weighted by Gasteiger charge is -2.33. The van der Waals surface area contributed by atoms with Gasteiger partial charge in [0.05, 0.1) is 10.9 Å². The fraction of sp³-hybridized carbons (Fsp3) is 0.520. The highest BCUT2D eigenvalue weighted by Crippen LogP contribution is 2.40. The van der Waals surface area contributed by atoms with E-state index in [1.54, 1.807) is 45.7 Å². The number of ether oxygens (including phenoxy) is 1. The van der Waals surface area contributed by atoms with Crippen LogP contribution in [0.15, 0.2) is 47.5 Å². The lowest BCUT2D eigenvalue weighted by atomic mass is 10.0. The number of aromatic nitrogens is 1. The normalized spacial score (nSPS) is 18.2. The second-order valence-electron chi connectivity index (χ2n) is 9.61. The summed E-state index contributed by atoms with van der Waals surface area (Å²) < 4.78 is 34.3. The number of aryl methyl sites for hydroxylation is 1. The van der Waals surface area contributed by atoms with Gasteiger partial charge in [-0.2, -0.15) is 4.31 Å². The van der Waals surface area contributed by atoms with Gasteiger partial charge in [-0.05, 0) is 72.1 Å². The summed E-state index contributed by atoms with van der Waals surface area (Å²) in [7, 11) is -3.70. The zero-order valence-corrected chi connectivity index (χ0v) is 21.2. The first kappa shape index (κ1) is 25.2. The second-order valence-corrected chi connectivity index (χ2v) is 11.5. The van der Waals surface area contributed by atoms with Gasteiger partial charge in [-0.3, -0.25) is 4.90 Å². The number of sulfonamides is 1. The average molecular weight is 474 g/mol. The molecule has 33 heavy (non-hydrogen) atoms. The van der Waals surface area contributed by atoms with Gasteiger partial charge in [0.1, 0.15) is 11.4 Å². The lowest BCUT2D eigenvalue weighted by molar-refractivity contribution is 0.0565. The smallest absolute Gasteiger partial charge is 0.416 e. The van der Waals surface area contributed by atoms with E-state index in [1.807, 2.05) is 47.6 Å². The van der Waals surface area contributed by atoms with Crippen LogP contribution in [0, 0.1) is 6.92 Å². The van der Waals surface area contributed by atoms with Crippen molar-refractivity contribution in [2.24, 2.45) is 0 Å². The molecule has 1 saturated heterocycles. The predicted molar refractivity (Wildman–Crippen MR) is 130 cm³/mol. The van der Waals surface area contributed by atoms with E-state index in [0.717, 1.165) is 17.5 Å². The summed E-state index contributed by atoms with van der Waals surface area (Å²) in [6, 6.07) is 9.99. The molecule has 0 unspecified atom stereocenters. The summed E-state index contributed by atoms with van der Waals surface area (Å²) in [5, 5.41) is 0. The van der Waals surface area contributed by atoms with Crippen molar-refractivity contribution in [1.82, 2.24) is 9.29 Å². The minimum Gasteiger partial charge on any atom is -0.443 e. The standard InChI is InChI=1S/C25H35N3O4S/c1-7-19(3)28(24(29)32-25(4,5)6)23-21(10-8-16-26-23)22-11-9-17-27(22)33(30,31)20-14-12-18(2)13-15-20/h8,10,12-16,19,22H,7,9,11,17H2,1-6H3/t19-,22-/m1/s1. The molecule has 0 aliphatic carbocycles. The van der Waals surface area contributed by atoms with Crippen LogP contribution in [0.3, 0.4) is 0 Å². The molecule has 2 atom stereocenters. The van der Waals surface area contributed by atoms with Crippen LogP contribution < -0.4 is 4.90 Å². The third-order valence-corrected chi connectivity index (χ3v) is 7.78. The molecule has 0 N–H and O–H groups in total. The van der Waals surface area contributed by atoms with Crippen LogP contribution in [-0.4, -0.2) is 42.0 Å². The molecule has 1 aliphatic rings. The quantitative estimate of drug-likeness (QED) is 0.557. The Labute approximate surface area is 197 Å². The third-order valence-electron chi connectivity index (χ3n) is 5.86. The van der Waals surface area contributed by atoms with Crippen molar-refractivity contribution in [2.75, 3.05) is 11.4 Å². The molecule has 7 nitrogen and oxygen atoms in total. The van der Waals surface area contributed by atoms with E-state index in [-0.39, 0.29) is 10.9 Å². The molecular formula is C25H35N3O4S. The fourth-order valence-electron chi connectivity index (χ4n) is 4.02. The van der Waals surface area contributed by atoms with E-state index in [2.05, 4.69) is 4.98 Å². The van der Waals surface area contributed by atoms with Gasteiger partial charge in [0.2, 0.25) is 10.0 Å². The molecule has 0 spiro atoms. The SMILES string of the molecule is CC[C@@H](C)N(C(=O)OC(C)(C)C)c1ncccc1[C@H]1CCCN1S(=O)(=O)c1ccc(C)cc1. The zero-order valence-electron chi connectivity index (χ0n) is 20.4. The third kappa shape index (κ3) is 5.55. The molecule has 1 amide bonds. The molecule has 0 bridgehead atoms. The van der Waals surface area contributed by atoms with Crippen LogP contribution in [0.2, 0.25) is 0 Å². The predicted octanol–water partition coefficient (Wildman–Crippen LogP) is 5.46. The summed E-state index contributed by atoms with van der Waals surface area (Å²) in [6.45, 7) is 11.8. The Morgan fingerprint density at radius 2 is 1.91 bits per heavy atom. The van der Waals surface area contributed by atoms with Crippen molar-refractivity contribution in [1.29, 1.82) is 0 Å². The topological polar surface area (TPSA) is 79.8 Å². The number of nitrogens with zero attached hydrogens (tertiary/aromatic N) is 3. The molecule has 0 radical (unpaired) electrons. The van der Waals surface area contributed by atoms with Gasteiger partial charge in [0.15, 0.2) is 0 Å². The van der Waals surface area contributed by atoms with E-state index >= 15 is 0 Å². The Hall–Kier alpha value is -2.45. The number of anilines is 1. The molecular weight excluding hydrogens is 438 g/mol. The van der Waals surface area contributed by atoms with Gasteiger partial charge in [0.25, 0.3) is 0 Å². The van der Waals surface area contributed by atoms with Gasteiger partial charge in [-0.15, -0.1) is 0 Å². The monoisotopic (exact) mass is 473 g/mol. The van der Waals surface area contributed by atoms with E-state index < -0.39 is 27.8 Å². The van der Waals surface area contributed by atoms with Crippen molar-refractivity contribution in [3.63, 3.8) is 0 Å². The molecule has 1 aliphatic heterocycles. The molecule has 1 fully saturated rings. The largest absolute Gasteiger partial charge is 0.443 e. The van der Waals surface area contributed by atoms with Gasteiger partial charge in [-0.25, -0.2) is 18.2 Å². The highest BCUT2D eigenvalue weighted by Gasteiger charge is 2.39. The van der Waals surface area contributed by atoms with Crippen LogP contribution in [0.25, 0.3) is 0 Å². The van der Waals surface area contributed by atoms with Crippen molar-refractivity contribution in [3.8, 4) is 0 Å². The van der Waals surface area contributed by atoms with Gasteiger partial charge in [-0.1, -0.05) is 30.7 Å². The van der Waals surface area contributed by atoms with Crippen LogP contribution >= 0.6 is 0 Å². The molecule has 2 heterocycles. The number of pyridine rings is 1. The molecule has 2 aromatic rings. The van der Waals surface area contributed by atoms with E-state index in [0.29, 0.717) is 25.2 Å². The first-order valence-electron chi connectivity index (χ1n) is 11.5. The van der Waals surface area contributed by atoms with Crippen LogP contribution in [0.5, 0.6) is 0 Å². The second kappa shape index (κ2) is 9.81. The molecule has 8 heteroatoms. The van der Waals surface area contributed by atoms with E-state index in [4.69, 9.17) is 4.74 Å². The number of rotatable bonds is 6. The Kier molecular flexibility index (Phi) is 7.49. The number of benzene rings is 1. The zero-order chi connectivity index (χ0) is 24.4. The highest BCUT2D eigenvalue weighted by atomic mass is 32.2. The van der Waals surface area contributed by atoms with Crippen molar-refractivity contribution in [3.05, 3.63) is 53.7 Å². The van der Waals surface area contributed by atoms with Crippen LogP contribution in [-0.2, 0) is 14.8 Å². The number of amides is 1. The summed E-state index contributed by atoms with van der Waals surface area (Å²) in [4.78, 5) is 19.6.